The summed E-state index contributed by atoms with van der Waals surface area (Å²) in [4.78, 5) is 24.0. The van der Waals surface area contributed by atoms with Crippen LogP contribution in [0.2, 0.25) is 0 Å². The number of carbonyl (C=O) groups is 1. The van der Waals surface area contributed by atoms with E-state index in [1.165, 1.54) is 0 Å². The first-order chi connectivity index (χ1) is 9.74. The molecular formula is C15H15NO4. The second-order valence-corrected chi connectivity index (χ2v) is 4.85. The molecule has 20 heavy (non-hydrogen) atoms. The largest absolute Gasteiger partial charge is 0.417 e. The summed E-state index contributed by atoms with van der Waals surface area (Å²) in [5, 5.41) is 4.07. The minimum Gasteiger partial charge on any atom is -0.417 e. The molecule has 1 aliphatic rings. The molecule has 0 spiro atoms. The zero-order valence-corrected chi connectivity index (χ0v) is 10.9. The van der Waals surface area contributed by atoms with Gasteiger partial charge in [-0.05, 0) is 30.4 Å². The maximum Gasteiger partial charge on any atom is 0.344 e. The van der Waals surface area contributed by atoms with Crippen molar-refractivity contribution in [2.24, 2.45) is 0 Å². The Morgan fingerprint density at radius 3 is 2.75 bits per heavy atom. The van der Waals surface area contributed by atoms with Crippen LogP contribution in [-0.4, -0.2) is 25.2 Å². The van der Waals surface area contributed by atoms with Crippen LogP contribution in [0.5, 0.6) is 0 Å². The van der Waals surface area contributed by atoms with Crippen LogP contribution in [-0.2, 0) is 4.74 Å². The highest BCUT2D eigenvalue weighted by Gasteiger charge is 2.19. The maximum absolute atomic E-state index is 12.1. The zero-order chi connectivity index (χ0) is 13.9. The number of amides is 1. The van der Waals surface area contributed by atoms with Gasteiger partial charge in [-0.25, -0.2) is 4.79 Å². The van der Waals surface area contributed by atoms with Gasteiger partial charge in [-0.15, -0.1) is 0 Å². The predicted molar refractivity (Wildman–Crippen MR) is 73.8 cm³/mol. The normalized spacial score (nSPS) is 16.2. The van der Waals surface area contributed by atoms with E-state index in [1.807, 2.05) is 6.07 Å². The van der Waals surface area contributed by atoms with E-state index in [4.69, 9.17) is 9.15 Å². The number of ether oxygens (including phenoxy) is 1. The van der Waals surface area contributed by atoms with Crippen molar-refractivity contribution in [1.29, 1.82) is 0 Å². The van der Waals surface area contributed by atoms with Gasteiger partial charge in [0.15, 0.2) is 5.76 Å². The number of nitrogens with one attached hydrogen (secondary N) is 1. The average molecular weight is 273 g/mol. The smallest absolute Gasteiger partial charge is 0.344 e. The van der Waals surface area contributed by atoms with Gasteiger partial charge in [0.05, 0.1) is 5.39 Å². The van der Waals surface area contributed by atoms with Crippen molar-refractivity contribution in [3.05, 3.63) is 46.5 Å². The molecule has 0 bridgehead atoms. The van der Waals surface area contributed by atoms with E-state index >= 15 is 0 Å². The monoisotopic (exact) mass is 273 g/mol. The Balaban J connectivity index is 1.86. The Bertz CT molecular complexity index is 686. The SMILES string of the molecule is O=C(NC1CCOCC1)c1cc2ccccc2c(=O)o1. The minimum atomic E-state index is -0.486. The van der Waals surface area contributed by atoms with Gasteiger partial charge in [0, 0.05) is 19.3 Å². The number of fused-ring (bicyclic) bond motifs is 1. The standard InChI is InChI=1S/C15H15NO4/c17-14(16-11-5-7-19-8-6-11)13-9-10-3-1-2-4-12(10)15(18)20-13/h1-4,9,11H,5-8H2,(H,16,17). The second kappa shape index (κ2) is 5.46. The van der Waals surface area contributed by atoms with E-state index in [0.717, 1.165) is 12.8 Å². The number of hydrogen-bond donors (Lipinski definition) is 1. The van der Waals surface area contributed by atoms with Crippen molar-refractivity contribution in [2.75, 3.05) is 13.2 Å². The lowest BCUT2D eigenvalue weighted by Crippen LogP contribution is -2.39. The van der Waals surface area contributed by atoms with Crippen molar-refractivity contribution in [3.8, 4) is 0 Å². The number of hydrogen-bond acceptors (Lipinski definition) is 4. The summed E-state index contributed by atoms with van der Waals surface area (Å²) in [7, 11) is 0. The first kappa shape index (κ1) is 12.9. The molecule has 104 valence electrons. The second-order valence-electron chi connectivity index (χ2n) is 4.85. The highest BCUT2D eigenvalue weighted by atomic mass is 16.5. The van der Waals surface area contributed by atoms with E-state index in [2.05, 4.69) is 5.32 Å². The molecule has 0 atom stereocenters. The summed E-state index contributed by atoms with van der Waals surface area (Å²) in [6.45, 7) is 1.29. The molecule has 1 fully saturated rings. The van der Waals surface area contributed by atoms with E-state index in [-0.39, 0.29) is 17.7 Å². The quantitative estimate of drug-likeness (QED) is 0.904. The summed E-state index contributed by atoms with van der Waals surface area (Å²) < 4.78 is 10.3. The van der Waals surface area contributed by atoms with Crippen molar-refractivity contribution >= 4 is 16.7 Å². The predicted octanol–water partition coefficient (Wildman–Crippen LogP) is 1.70. The molecule has 1 saturated heterocycles. The fraction of sp³-hybridized carbons (Fsp3) is 0.333. The van der Waals surface area contributed by atoms with Gasteiger partial charge >= 0.3 is 5.63 Å². The van der Waals surface area contributed by atoms with E-state index in [9.17, 15) is 9.59 Å². The Kier molecular flexibility index (Phi) is 3.52. The molecule has 1 amide bonds. The van der Waals surface area contributed by atoms with Gasteiger partial charge in [0.1, 0.15) is 0 Å². The van der Waals surface area contributed by atoms with Crippen LogP contribution in [0.25, 0.3) is 10.8 Å². The molecule has 1 aromatic carbocycles. The van der Waals surface area contributed by atoms with Crippen LogP contribution in [0, 0.1) is 0 Å². The highest BCUT2D eigenvalue weighted by Crippen LogP contribution is 2.13. The van der Waals surface area contributed by atoms with Crippen molar-refractivity contribution in [2.45, 2.75) is 18.9 Å². The molecule has 0 radical (unpaired) electrons. The van der Waals surface area contributed by atoms with Crippen LogP contribution >= 0.6 is 0 Å². The summed E-state index contributed by atoms with van der Waals surface area (Å²) in [6, 6.07) is 8.74. The topological polar surface area (TPSA) is 68.5 Å². The summed E-state index contributed by atoms with van der Waals surface area (Å²) in [5.41, 5.74) is -0.486. The molecule has 2 heterocycles. The lowest BCUT2D eigenvalue weighted by atomic mass is 10.1. The number of rotatable bonds is 2. The lowest BCUT2D eigenvalue weighted by Gasteiger charge is -2.22. The molecule has 0 unspecified atom stereocenters. The maximum atomic E-state index is 12.1. The Morgan fingerprint density at radius 2 is 1.95 bits per heavy atom. The Labute approximate surface area is 115 Å². The van der Waals surface area contributed by atoms with Crippen LogP contribution < -0.4 is 10.9 Å². The van der Waals surface area contributed by atoms with E-state index < -0.39 is 5.63 Å². The van der Waals surface area contributed by atoms with E-state index in [1.54, 1.807) is 24.3 Å². The first-order valence-electron chi connectivity index (χ1n) is 6.65. The van der Waals surface area contributed by atoms with Crippen LogP contribution in [0.1, 0.15) is 23.4 Å². The molecular weight excluding hydrogens is 258 g/mol. The fourth-order valence-corrected chi connectivity index (χ4v) is 2.34. The van der Waals surface area contributed by atoms with Crippen LogP contribution in [0.4, 0.5) is 0 Å². The molecule has 5 nitrogen and oxygen atoms in total. The van der Waals surface area contributed by atoms with Crippen molar-refractivity contribution < 1.29 is 13.9 Å². The van der Waals surface area contributed by atoms with Crippen LogP contribution in [0.3, 0.4) is 0 Å². The molecule has 1 aromatic heterocycles. The van der Waals surface area contributed by atoms with Gasteiger partial charge in [0.2, 0.25) is 0 Å². The van der Waals surface area contributed by atoms with Gasteiger partial charge < -0.3 is 14.5 Å². The molecule has 3 rings (SSSR count). The first-order valence-corrected chi connectivity index (χ1v) is 6.65. The van der Waals surface area contributed by atoms with Gasteiger partial charge in [-0.2, -0.15) is 0 Å². The fourth-order valence-electron chi connectivity index (χ4n) is 2.34. The van der Waals surface area contributed by atoms with Crippen molar-refractivity contribution in [3.63, 3.8) is 0 Å². The van der Waals surface area contributed by atoms with Crippen LogP contribution in [0.15, 0.2) is 39.5 Å². The molecule has 1 aliphatic heterocycles. The van der Waals surface area contributed by atoms with Crippen molar-refractivity contribution in [1.82, 2.24) is 5.32 Å². The minimum absolute atomic E-state index is 0.0557. The third-order valence-electron chi connectivity index (χ3n) is 3.45. The molecule has 2 aromatic rings. The van der Waals surface area contributed by atoms with Gasteiger partial charge in [0.25, 0.3) is 5.91 Å². The molecule has 0 saturated carbocycles. The molecule has 1 N–H and O–H groups in total. The summed E-state index contributed by atoms with van der Waals surface area (Å²) >= 11 is 0. The molecule has 0 aliphatic carbocycles. The number of carbonyl (C=O) groups excluding carboxylic acids is 1. The van der Waals surface area contributed by atoms with Gasteiger partial charge in [-0.1, -0.05) is 18.2 Å². The Hall–Kier alpha value is -2.14. The number of benzene rings is 1. The van der Waals surface area contributed by atoms with Gasteiger partial charge in [-0.3, -0.25) is 4.79 Å². The lowest BCUT2D eigenvalue weighted by molar-refractivity contribution is 0.0681. The summed E-state index contributed by atoms with van der Waals surface area (Å²) in [5.74, 6) is -0.292. The highest BCUT2D eigenvalue weighted by molar-refractivity contribution is 5.95. The average Bonchev–Trinajstić information content (AvgIpc) is 2.48. The Morgan fingerprint density at radius 1 is 1.20 bits per heavy atom. The molecule has 5 heteroatoms. The van der Waals surface area contributed by atoms with E-state index in [0.29, 0.717) is 24.0 Å². The summed E-state index contributed by atoms with van der Waals surface area (Å²) in [6.07, 6.45) is 1.56. The third-order valence-corrected chi connectivity index (χ3v) is 3.45. The third kappa shape index (κ3) is 2.58. The zero-order valence-electron chi connectivity index (χ0n) is 10.9.